The van der Waals surface area contributed by atoms with Crippen molar-refractivity contribution in [3.63, 3.8) is 0 Å². The number of halogens is 1. The van der Waals surface area contributed by atoms with Crippen LogP contribution in [0, 0.1) is 17.8 Å². The summed E-state index contributed by atoms with van der Waals surface area (Å²) in [4.78, 5) is 26.5. The van der Waals surface area contributed by atoms with Crippen molar-refractivity contribution in [2.75, 3.05) is 19.6 Å². The Kier molecular flexibility index (Phi) is 7.35. The van der Waals surface area contributed by atoms with Gasteiger partial charge in [0.1, 0.15) is 0 Å². The molecular weight excluding hydrogens is 326 g/mol. The van der Waals surface area contributed by atoms with Crippen LogP contribution in [0.1, 0.15) is 57.8 Å². The van der Waals surface area contributed by atoms with Gasteiger partial charge in [-0.1, -0.05) is 6.42 Å². The monoisotopic (exact) mass is 357 g/mol. The van der Waals surface area contributed by atoms with Gasteiger partial charge >= 0.3 is 0 Å². The molecule has 2 saturated carbocycles. The van der Waals surface area contributed by atoms with Crippen molar-refractivity contribution in [1.29, 1.82) is 0 Å². The summed E-state index contributed by atoms with van der Waals surface area (Å²) in [5.74, 6) is 2.64. The zero-order valence-corrected chi connectivity index (χ0v) is 15.4. The number of carbonyl (C=O) groups is 2. The highest BCUT2D eigenvalue weighted by Crippen LogP contribution is 2.49. The van der Waals surface area contributed by atoms with Gasteiger partial charge in [0.05, 0.1) is 0 Å². The molecule has 0 aromatic rings. The van der Waals surface area contributed by atoms with E-state index in [0.29, 0.717) is 31.3 Å². The Hall–Kier alpha value is -0.810. The lowest BCUT2D eigenvalue weighted by molar-refractivity contribution is -0.136. The van der Waals surface area contributed by atoms with Crippen molar-refractivity contribution in [2.24, 2.45) is 23.5 Å². The first-order chi connectivity index (χ1) is 11.2. The van der Waals surface area contributed by atoms with Crippen molar-refractivity contribution in [1.82, 2.24) is 10.2 Å². The molecule has 2 amide bonds. The minimum atomic E-state index is -0.00132. The molecule has 2 bridgehead atoms. The van der Waals surface area contributed by atoms with Crippen LogP contribution in [0.15, 0.2) is 0 Å². The van der Waals surface area contributed by atoms with E-state index in [0.717, 1.165) is 44.1 Å². The Balaban J connectivity index is 0.00000208. The fourth-order valence-electron chi connectivity index (χ4n) is 4.96. The van der Waals surface area contributed by atoms with Crippen LogP contribution in [0.4, 0.5) is 0 Å². The van der Waals surface area contributed by atoms with E-state index in [1.807, 2.05) is 0 Å². The Labute approximate surface area is 151 Å². The first-order valence-electron chi connectivity index (χ1n) is 9.43. The molecule has 3 aliphatic rings. The van der Waals surface area contributed by atoms with Gasteiger partial charge in [-0.2, -0.15) is 0 Å². The van der Waals surface area contributed by atoms with E-state index in [1.54, 1.807) is 0 Å². The number of nitrogens with one attached hydrogen (secondary N) is 1. The lowest BCUT2D eigenvalue weighted by Gasteiger charge is -2.37. The summed E-state index contributed by atoms with van der Waals surface area (Å²) in [6.45, 7) is 1.82. The third kappa shape index (κ3) is 4.63. The molecule has 24 heavy (non-hydrogen) atoms. The number of rotatable bonds is 6. The summed E-state index contributed by atoms with van der Waals surface area (Å²) in [6, 6.07) is 0.177. The fourth-order valence-corrected chi connectivity index (χ4v) is 4.96. The Morgan fingerprint density at radius 3 is 2.62 bits per heavy atom. The number of hydrogen-bond acceptors (Lipinski definition) is 3. The molecule has 5 nitrogen and oxygen atoms in total. The van der Waals surface area contributed by atoms with Crippen LogP contribution < -0.4 is 11.1 Å². The van der Waals surface area contributed by atoms with Gasteiger partial charge in [0.25, 0.3) is 0 Å². The molecule has 0 spiro atoms. The van der Waals surface area contributed by atoms with E-state index < -0.39 is 0 Å². The Bertz CT molecular complexity index is 446. The van der Waals surface area contributed by atoms with Crippen LogP contribution in [0.2, 0.25) is 0 Å². The lowest BCUT2D eigenvalue weighted by Crippen LogP contribution is -2.50. The quantitative estimate of drug-likeness (QED) is 0.764. The number of hydrogen-bond donors (Lipinski definition) is 2. The normalized spacial score (nSPS) is 31.6. The second kappa shape index (κ2) is 9.04. The second-order valence-electron chi connectivity index (χ2n) is 7.72. The number of carbonyl (C=O) groups excluding carboxylic acids is 2. The highest BCUT2D eigenvalue weighted by atomic mass is 35.5. The average Bonchev–Trinajstić information content (AvgIpc) is 3.16. The molecule has 0 aromatic heterocycles. The van der Waals surface area contributed by atoms with Crippen molar-refractivity contribution in [2.45, 2.75) is 63.8 Å². The number of likely N-dealkylation sites (tertiary alicyclic amines) is 1. The third-order valence-electron chi connectivity index (χ3n) is 6.18. The van der Waals surface area contributed by atoms with E-state index in [4.69, 9.17) is 5.73 Å². The van der Waals surface area contributed by atoms with Crippen molar-refractivity contribution in [3.05, 3.63) is 0 Å². The van der Waals surface area contributed by atoms with E-state index in [-0.39, 0.29) is 24.4 Å². The zero-order valence-electron chi connectivity index (χ0n) is 14.5. The highest BCUT2D eigenvalue weighted by Gasteiger charge is 2.41. The number of amides is 2. The fraction of sp³-hybridized carbons (Fsp3) is 0.889. The van der Waals surface area contributed by atoms with Crippen molar-refractivity contribution < 1.29 is 9.59 Å². The van der Waals surface area contributed by atoms with Gasteiger partial charge in [-0.3, -0.25) is 9.59 Å². The summed E-state index contributed by atoms with van der Waals surface area (Å²) >= 11 is 0. The van der Waals surface area contributed by atoms with E-state index in [2.05, 4.69) is 10.2 Å². The Morgan fingerprint density at radius 2 is 1.96 bits per heavy atom. The maximum absolute atomic E-state index is 12.8. The smallest absolute Gasteiger partial charge is 0.223 e. The second-order valence-corrected chi connectivity index (χ2v) is 7.72. The largest absolute Gasteiger partial charge is 0.354 e. The molecule has 138 valence electrons. The SMILES string of the molecule is Cl.NCCC(=O)NCC1CCCCN1C(=O)CC1CC2CCC1C2. The number of piperidine rings is 1. The summed E-state index contributed by atoms with van der Waals surface area (Å²) < 4.78 is 0. The number of nitrogens with zero attached hydrogens (tertiary/aromatic N) is 1. The molecule has 3 rings (SSSR count). The topological polar surface area (TPSA) is 75.4 Å². The molecule has 2 aliphatic carbocycles. The summed E-state index contributed by atoms with van der Waals surface area (Å²) in [5, 5.41) is 2.95. The zero-order chi connectivity index (χ0) is 16.2. The molecule has 1 aliphatic heterocycles. The third-order valence-corrected chi connectivity index (χ3v) is 6.18. The van der Waals surface area contributed by atoms with Crippen LogP contribution in [-0.2, 0) is 9.59 Å². The van der Waals surface area contributed by atoms with Gasteiger partial charge in [0, 0.05) is 38.5 Å². The van der Waals surface area contributed by atoms with Gasteiger partial charge in [-0.15, -0.1) is 12.4 Å². The van der Waals surface area contributed by atoms with E-state index >= 15 is 0 Å². The molecule has 4 unspecified atom stereocenters. The minimum Gasteiger partial charge on any atom is -0.354 e. The van der Waals surface area contributed by atoms with Crippen molar-refractivity contribution >= 4 is 24.2 Å². The summed E-state index contributed by atoms with van der Waals surface area (Å²) in [5.41, 5.74) is 5.41. The molecule has 6 heteroatoms. The van der Waals surface area contributed by atoms with Gasteiger partial charge in [0.15, 0.2) is 0 Å². The maximum Gasteiger partial charge on any atom is 0.223 e. The van der Waals surface area contributed by atoms with Crippen molar-refractivity contribution in [3.8, 4) is 0 Å². The molecule has 1 saturated heterocycles. The summed E-state index contributed by atoms with van der Waals surface area (Å²) in [6.07, 6.45) is 9.69. The number of nitrogens with two attached hydrogens (primary N) is 1. The van der Waals surface area contributed by atoms with Crippen LogP contribution in [0.5, 0.6) is 0 Å². The predicted molar refractivity (Wildman–Crippen MR) is 96.8 cm³/mol. The minimum absolute atomic E-state index is 0. The molecule has 3 N–H and O–H groups in total. The van der Waals surface area contributed by atoms with Gasteiger partial charge in [0.2, 0.25) is 11.8 Å². The molecule has 4 atom stereocenters. The van der Waals surface area contributed by atoms with E-state index in [9.17, 15) is 9.59 Å². The van der Waals surface area contributed by atoms with Crippen LogP contribution in [0.3, 0.4) is 0 Å². The summed E-state index contributed by atoms with van der Waals surface area (Å²) in [7, 11) is 0. The molecule has 0 aromatic carbocycles. The predicted octanol–water partition coefficient (Wildman–Crippen LogP) is 2.08. The average molecular weight is 358 g/mol. The molecule has 1 heterocycles. The van der Waals surface area contributed by atoms with Crippen LogP contribution in [-0.4, -0.2) is 42.4 Å². The molecule has 3 fully saturated rings. The lowest BCUT2D eigenvalue weighted by atomic mass is 9.85. The molecular formula is C18H32ClN3O2. The first kappa shape index (κ1) is 19.5. The van der Waals surface area contributed by atoms with Gasteiger partial charge < -0.3 is 16.0 Å². The van der Waals surface area contributed by atoms with Gasteiger partial charge in [-0.05, 0) is 56.3 Å². The highest BCUT2D eigenvalue weighted by molar-refractivity contribution is 5.85. The van der Waals surface area contributed by atoms with E-state index in [1.165, 1.54) is 25.7 Å². The van der Waals surface area contributed by atoms with Crippen LogP contribution in [0.25, 0.3) is 0 Å². The maximum atomic E-state index is 12.8. The van der Waals surface area contributed by atoms with Gasteiger partial charge in [-0.25, -0.2) is 0 Å². The number of fused-ring (bicyclic) bond motifs is 2. The standard InChI is InChI=1S/C18H31N3O2.ClH/c19-7-6-17(22)20-12-16-3-1-2-8-21(16)18(23)11-15-10-13-4-5-14(15)9-13;/h13-16H,1-12,19H2,(H,20,22);1H. The molecule has 0 radical (unpaired) electrons. The van der Waals surface area contributed by atoms with Crippen LogP contribution >= 0.6 is 12.4 Å². The Morgan fingerprint density at radius 1 is 1.12 bits per heavy atom. The first-order valence-corrected chi connectivity index (χ1v) is 9.43.